The first-order valence-corrected chi connectivity index (χ1v) is 11.4. The van der Waals surface area contributed by atoms with Gasteiger partial charge < -0.3 is 19.5 Å². The molecule has 5 nitrogen and oxygen atoms in total. The molecule has 2 saturated heterocycles. The summed E-state index contributed by atoms with van der Waals surface area (Å²) in [4.78, 5) is 6.85. The molecule has 3 aromatic rings. The summed E-state index contributed by atoms with van der Waals surface area (Å²) in [6.45, 7) is 1.71. The van der Waals surface area contributed by atoms with Crippen molar-refractivity contribution in [3.05, 3.63) is 82.9 Å². The van der Waals surface area contributed by atoms with E-state index in [1.807, 2.05) is 18.3 Å². The first kappa shape index (κ1) is 19.7. The molecule has 7 heteroatoms. The lowest BCUT2D eigenvalue weighted by Crippen LogP contribution is -2.31. The van der Waals surface area contributed by atoms with Gasteiger partial charge in [-0.1, -0.05) is 22.0 Å². The average molecular weight is 483 g/mol. The summed E-state index contributed by atoms with van der Waals surface area (Å²) >= 11 is 9.35. The van der Waals surface area contributed by atoms with Crippen molar-refractivity contribution >= 4 is 38.9 Å². The van der Waals surface area contributed by atoms with E-state index in [-0.39, 0.29) is 18.2 Å². The van der Waals surface area contributed by atoms with Gasteiger partial charge in [-0.15, -0.1) is 0 Å². The lowest BCUT2D eigenvalue weighted by molar-refractivity contribution is 0.0961. The number of halogens is 1. The number of aromatic nitrogens is 2. The summed E-state index contributed by atoms with van der Waals surface area (Å²) in [6.07, 6.45) is 6.50. The van der Waals surface area contributed by atoms with Crippen LogP contribution in [0.5, 0.6) is 0 Å². The standard InChI is InChI=1S/C23H23BrN4OS/c24-16-8-10-17(11-9-16)28-22(21(26-23(28)30)19-6-1-2-12-25-19)20-7-3-13-27(20)15-18-5-4-14-29-18/h1-3,6-13,18,21-22H,4-5,14-15H2,(H,26,30). The van der Waals surface area contributed by atoms with Crippen LogP contribution in [0.3, 0.4) is 0 Å². The van der Waals surface area contributed by atoms with E-state index in [9.17, 15) is 0 Å². The maximum absolute atomic E-state index is 5.91. The molecule has 154 valence electrons. The number of ether oxygens (including phenoxy) is 1. The molecule has 0 radical (unpaired) electrons. The van der Waals surface area contributed by atoms with E-state index < -0.39 is 0 Å². The number of benzene rings is 1. The van der Waals surface area contributed by atoms with Gasteiger partial charge in [-0.25, -0.2) is 0 Å². The van der Waals surface area contributed by atoms with Gasteiger partial charge in [0.25, 0.3) is 0 Å². The highest BCUT2D eigenvalue weighted by Gasteiger charge is 2.42. The summed E-state index contributed by atoms with van der Waals surface area (Å²) < 4.78 is 9.27. The second kappa shape index (κ2) is 8.49. The van der Waals surface area contributed by atoms with E-state index in [1.54, 1.807) is 0 Å². The van der Waals surface area contributed by atoms with Gasteiger partial charge in [-0.05, 0) is 73.6 Å². The van der Waals surface area contributed by atoms with E-state index in [2.05, 4.69) is 84.4 Å². The molecule has 2 aliphatic rings. The zero-order valence-corrected chi connectivity index (χ0v) is 18.8. The molecule has 0 saturated carbocycles. The molecule has 2 aliphatic heterocycles. The Morgan fingerprint density at radius 1 is 1.13 bits per heavy atom. The maximum atomic E-state index is 5.91. The minimum atomic E-state index is -0.0412. The van der Waals surface area contributed by atoms with E-state index in [0.29, 0.717) is 5.11 Å². The Bertz CT molecular complexity index is 1020. The van der Waals surface area contributed by atoms with Crippen molar-refractivity contribution in [2.24, 2.45) is 0 Å². The average Bonchev–Trinajstić information content (AvgIpc) is 3.50. The molecule has 2 aromatic heterocycles. The number of nitrogens with zero attached hydrogens (tertiary/aromatic N) is 3. The predicted molar refractivity (Wildman–Crippen MR) is 125 cm³/mol. The molecule has 30 heavy (non-hydrogen) atoms. The highest BCUT2D eigenvalue weighted by Crippen LogP contribution is 2.42. The first-order valence-electron chi connectivity index (χ1n) is 10.2. The SMILES string of the molecule is S=C1NC(c2ccccn2)C(c2cccn2CC2CCCO2)N1c1ccc(Br)cc1. The van der Waals surface area contributed by atoms with Crippen LogP contribution in [0.1, 0.15) is 36.3 Å². The largest absolute Gasteiger partial charge is 0.376 e. The van der Waals surface area contributed by atoms with Crippen LogP contribution in [-0.2, 0) is 11.3 Å². The number of hydrogen-bond donors (Lipinski definition) is 1. The van der Waals surface area contributed by atoms with Crippen molar-refractivity contribution in [1.29, 1.82) is 0 Å². The van der Waals surface area contributed by atoms with Crippen LogP contribution in [0.2, 0.25) is 0 Å². The summed E-state index contributed by atoms with van der Waals surface area (Å²) in [6, 6.07) is 18.6. The van der Waals surface area contributed by atoms with Crippen LogP contribution in [0.4, 0.5) is 5.69 Å². The Morgan fingerprint density at radius 2 is 2.00 bits per heavy atom. The van der Waals surface area contributed by atoms with E-state index in [4.69, 9.17) is 17.0 Å². The predicted octanol–water partition coefficient (Wildman–Crippen LogP) is 5.00. The van der Waals surface area contributed by atoms with Crippen LogP contribution in [0, 0.1) is 0 Å². The van der Waals surface area contributed by atoms with Crippen molar-refractivity contribution in [1.82, 2.24) is 14.9 Å². The maximum Gasteiger partial charge on any atom is 0.174 e. The summed E-state index contributed by atoms with van der Waals surface area (Å²) in [7, 11) is 0. The molecule has 0 amide bonds. The van der Waals surface area contributed by atoms with Crippen molar-refractivity contribution in [2.45, 2.75) is 37.6 Å². The van der Waals surface area contributed by atoms with Crippen molar-refractivity contribution in [2.75, 3.05) is 11.5 Å². The number of nitrogens with one attached hydrogen (secondary N) is 1. The third-order valence-corrected chi connectivity index (χ3v) is 6.64. The third-order valence-electron chi connectivity index (χ3n) is 5.79. The Kier molecular flexibility index (Phi) is 5.58. The molecule has 1 aromatic carbocycles. The van der Waals surface area contributed by atoms with Gasteiger partial charge in [0.15, 0.2) is 5.11 Å². The fraction of sp³-hybridized carbons (Fsp3) is 0.304. The molecule has 3 unspecified atom stereocenters. The molecule has 4 heterocycles. The van der Waals surface area contributed by atoms with Crippen LogP contribution in [-0.4, -0.2) is 27.4 Å². The lowest BCUT2D eigenvalue weighted by Gasteiger charge is -2.29. The van der Waals surface area contributed by atoms with Gasteiger partial charge in [0.05, 0.1) is 17.8 Å². The van der Waals surface area contributed by atoms with Crippen molar-refractivity contribution < 1.29 is 4.74 Å². The minimum Gasteiger partial charge on any atom is -0.376 e. The number of rotatable bonds is 5. The van der Waals surface area contributed by atoms with Crippen LogP contribution < -0.4 is 10.2 Å². The number of thiocarbonyl (C=S) groups is 1. The molecule has 2 fully saturated rings. The molecule has 0 bridgehead atoms. The number of pyridine rings is 1. The van der Waals surface area contributed by atoms with Gasteiger partial charge >= 0.3 is 0 Å². The molecule has 0 aliphatic carbocycles. The Morgan fingerprint density at radius 3 is 2.73 bits per heavy atom. The summed E-state index contributed by atoms with van der Waals surface area (Å²) in [5.41, 5.74) is 3.25. The Balaban J connectivity index is 1.57. The molecule has 3 atom stereocenters. The van der Waals surface area contributed by atoms with Crippen LogP contribution in [0.25, 0.3) is 0 Å². The van der Waals surface area contributed by atoms with Gasteiger partial charge in [-0.2, -0.15) is 0 Å². The van der Waals surface area contributed by atoms with E-state index >= 15 is 0 Å². The van der Waals surface area contributed by atoms with E-state index in [0.717, 1.165) is 41.8 Å². The highest BCUT2D eigenvalue weighted by atomic mass is 79.9. The molecule has 0 spiro atoms. The normalized spacial score (nSPS) is 23.7. The fourth-order valence-electron chi connectivity index (χ4n) is 4.40. The Hall–Kier alpha value is -2.22. The number of hydrogen-bond acceptors (Lipinski definition) is 3. The second-order valence-electron chi connectivity index (χ2n) is 7.69. The zero-order valence-electron chi connectivity index (χ0n) is 16.4. The van der Waals surface area contributed by atoms with Gasteiger partial charge in [0, 0.05) is 41.4 Å². The van der Waals surface area contributed by atoms with Crippen molar-refractivity contribution in [3.8, 4) is 0 Å². The monoisotopic (exact) mass is 482 g/mol. The summed E-state index contributed by atoms with van der Waals surface area (Å²) in [5.74, 6) is 0. The van der Waals surface area contributed by atoms with Crippen molar-refractivity contribution in [3.63, 3.8) is 0 Å². The smallest absolute Gasteiger partial charge is 0.174 e. The number of anilines is 1. The van der Waals surface area contributed by atoms with Gasteiger partial charge in [0.1, 0.15) is 6.04 Å². The highest BCUT2D eigenvalue weighted by molar-refractivity contribution is 9.10. The summed E-state index contributed by atoms with van der Waals surface area (Å²) in [5, 5.41) is 4.24. The fourth-order valence-corrected chi connectivity index (χ4v) is 5.02. The second-order valence-corrected chi connectivity index (χ2v) is 9.00. The first-order chi connectivity index (χ1) is 14.7. The topological polar surface area (TPSA) is 42.3 Å². The lowest BCUT2D eigenvalue weighted by atomic mass is 10.0. The molecule has 1 N–H and O–H groups in total. The van der Waals surface area contributed by atoms with Crippen LogP contribution >= 0.6 is 28.1 Å². The zero-order chi connectivity index (χ0) is 20.5. The molecular weight excluding hydrogens is 460 g/mol. The van der Waals surface area contributed by atoms with Crippen LogP contribution in [0.15, 0.2) is 71.5 Å². The van der Waals surface area contributed by atoms with Gasteiger partial charge in [0.2, 0.25) is 0 Å². The third kappa shape index (κ3) is 3.77. The minimum absolute atomic E-state index is 0.00928. The van der Waals surface area contributed by atoms with E-state index in [1.165, 1.54) is 5.69 Å². The molecule has 5 rings (SSSR count). The Labute approximate surface area is 190 Å². The van der Waals surface area contributed by atoms with Gasteiger partial charge in [-0.3, -0.25) is 4.98 Å². The molecular formula is C23H23BrN4OS. The quantitative estimate of drug-likeness (QED) is 0.518.